The van der Waals surface area contributed by atoms with Crippen molar-refractivity contribution in [2.24, 2.45) is 0 Å². The maximum atomic E-state index is 13.4. The smallest absolute Gasteiger partial charge is 0.410 e. The molecule has 2 aliphatic heterocycles. The predicted octanol–water partition coefficient (Wildman–Crippen LogP) is 4.27. The molecule has 32 heavy (non-hydrogen) atoms. The highest BCUT2D eigenvalue weighted by Gasteiger charge is 2.30. The molecule has 1 saturated heterocycles. The number of methoxy groups -OCH3 is 1. The first-order valence-corrected chi connectivity index (χ1v) is 11.3. The van der Waals surface area contributed by atoms with Gasteiger partial charge in [-0.15, -0.1) is 0 Å². The van der Waals surface area contributed by atoms with Crippen LogP contribution in [-0.4, -0.2) is 58.7 Å². The Morgan fingerprint density at radius 3 is 2.44 bits per heavy atom. The summed E-state index contributed by atoms with van der Waals surface area (Å²) in [6, 6.07) is 10.1. The van der Waals surface area contributed by atoms with Crippen LogP contribution in [0.1, 0.15) is 61.3 Å². The van der Waals surface area contributed by atoms with Crippen molar-refractivity contribution in [3.8, 4) is 5.75 Å². The molecule has 7 heteroatoms. The molecule has 0 radical (unpaired) electrons. The fraction of sp³-hybridized carbons (Fsp3) is 0.520. The molecule has 0 saturated carbocycles. The lowest BCUT2D eigenvalue weighted by molar-refractivity contribution is 0.0186. The van der Waals surface area contributed by atoms with Crippen LogP contribution in [0.25, 0.3) is 0 Å². The zero-order valence-electron chi connectivity index (χ0n) is 19.5. The highest BCUT2D eigenvalue weighted by Crippen LogP contribution is 2.28. The Labute approximate surface area is 189 Å². The largest absolute Gasteiger partial charge is 0.497 e. The average Bonchev–Trinajstić information content (AvgIpc) is 3.26. The van der Waals surface area contributed by atoms with E-state index in [0.29, 0.717) is 31.9 Å². The molecule has 0 aliphatic carbocycles. The van der Waals surface area contributed by atoms with E-state index in [2.05, 4.69) is 10.6 Å². The molecule has 1 fully saturated rings. The molecular weight excluding hydrogens is 406 g/mol. The summed E-state index contributed by atoms with van der Waals surface area (Å²) in [4.78, 5) is 29.5. The minimum atomic E-state index is -0.495. The molecule has 0 bridgehead atoms. The molecule has 1 aromatic carbocycles. The summed E-state index contributed by atoms with van der Waals surface area (Å²) in [5, 5.41) is 0. The second-order valence-corrected chi connectivity index (χ2v) is 9.61. The molecule has 0 N–H and O–H groups in total. The number of benzene rings is 1. The van der Waals surface area contributed by atoms with Crippen LogP contribution < -0.4 is 4.74 Å². The number of fused-ring (bicyclic) bond motifs is 1. The van der Waals surface area contributed by atoms with Gasteiger partial charge >= 0.3 is 6.09 Å². The van der Waals surface area contributed by atoms with Crippen LogP contribution in [0.5, 0.6) is 5.75 Å². The highest BCUT2D eigenvalue weighted by atomic mass is 16.6. The Hall–Kier alpha value is -2.96. The summed E-state index contributed by atoms with van der Waals surface area (Å²) in [6.07, 6.45) is 4.17. The van der Waals surface area contributed by atoms with Gasteiger partial charge in [0, 0.05) is 38.4 Å². The molecule has 0 spiro atoms. The first-order chi connectivity index (χ1) is 15.2. The topological polar surface area (TPSA) is 64.0 Å². The van der Waals surface area contributed by atoms with Crippen LogP contribution in [0.4, 0.5) is 4.79 Å². The molecule has 0 unspecified atom stereocenters. The van der Waals surface area contributed by atoms with Gasteiger partial charge in [-0.1, -0.05) is 6.07 Å². The fourth-order valence-corrected chi connectivity index (χ4v) is 4.54. The molecule has 0 atom stereocenters. The third kappa shape index (κ3) is 4.76. The van der Waals surface area contributed by atoms with E-state index in [1.54, 1.807) is 12.0 Å². The van der Waals surface area contributed by atoms with Crippen molar-refractivity contribution in [1.82, 2.24) is 14.4 Å². The summed E-state index contributed by atoms with van der Waals surface area (Å²) in [6.45, 7) is 8.19. The zero-order chi connectivity index (χ0) is 22.9. The molecular formula is C25H33N3O4. The molecule has 1 aromatic heterocycles. The van der Waals surface area contributed by atoms with E-state index < -0.39 is 5.60 Å². The monoisotopic (exact) mass is 439 g/mol. The summed E-state index contributed by atoms with van der Waals surface area (Å²) in [5.74, 6) is 0.871. The van der Waals surface area contributed by atoms with Crippen molar-refractivity contribution >= 4 is 12.0 Å². The lowest BCUT2D eigenvalue weighted by Crippen LogP contribution is -2.42. The molecule has 2 amide bonds. The first-order valence-electron chi connectivity index (χ1n) is 11.3. The van der Waals surface area contributed by atoms with Crippen molar-refractivity contribution in [2.45, 2.75) is 58.2 Å². The Morgan fingerprint density at radius 2 is 1.75 bits per heavy atom. The van der Waals surface area contributed by atoms with Crippen LogP contribution in [0.2, 0.25) is 0 Å². The van der Waals surface area contributed by atoms with Gasteiger partial charge in [-0.2, -0.15) is 0 Å². The molecule has 172 valence electrons. The summed E-state index contributed by atoms with van der Waals surface area (Å²) in [7, 11) is 1.66. The molecule has 3 heterocycles. The van der Waals surface area contributed by atoms with Crippen molar-refractivity contribution < 1.29 is 19.1 Å². The maximum absolute atomic E-state index is 13.4. The van der Waals surface area contributed by atoms with E-state index in [4.69, 9.17) is 9.47 Å². The van der Waals surface area contributed by atoms with Gasteiger partial charge in [-0.3, -0.25) is 4.79 Å². The number of likely N-dealkylation sites (tertiary alicyclic amines) is 1. The Morgan fingerprint density at radius 1 is 1.00 bits per heavy atom. The van der Waals surface area contributed by atoms with Gasteiger partial charge in [-0.05, 0) is 75.4 Å². The van der Waals surface area contributed by atoms with Gasteiger partial charge in [0.1, 0.15) is 17.0 Å². The normalized spacial score (nSPS) is 17.1. The van der Waals surface area contributed by atoms with Crippen molar-refractivity contribution in [2.75, 3.05) is 26.7 Å². The average molecular weight is 440 g/mol. The predicted molar refractivity (Wildman–Crippen MR) is 122 cm³/mol. The summed E-state index contributed by atoms with van der Waals surface area (Å²) < 4.78 is 12.9. The lowest BCUT2D eigenvalue weighted by atomic mass is 9.99. The van der Waals surface area contributed by atoms with Gasteiger partial charge in [-0.25, -0.2) is 4.79 Å². The number of carbonyl (C=O) groups excluding carboxylic acids is 2. The van der Waals surface area contributed by atoms with Crippen molar-refractivity contribution in [3.63, 3.8) is 0 Å². The third-order valence-corrected chi connectivity index (χ3v) is 6.22. The van der Waals surface area contributed by atoms with Crippen LogP contribution in [0.3, 0.4) is 0 Å². The molecule has 4 rings (SSSR count). The van der Waals surface area contributed by atoms with E-state index in [-0.39, 0.29) is 18.0 Å². The highest BCUT2D eigenvalue weighted by molar-refractivity contribution is 5.93. The van der Waals surface area contributed by atoms with E-state index >= 15 is 0 Å². The van der Waals surface area contributed by atoms with E-state index in [1.807, 2.05) is 56.1 Å². The lowest BCUT2D eigenvalue weighted by Gasteiger charge is -2.35. The van der Waals surface area contributed by atoms with Gasteiger partial charge in [0.05, 0.1) is 7.11 Å². The van der Waals surface area contributed by atoms with Crippen LogP contribution >= 0.6 is 0 Å². The number of nitrogens with zero attached hydrogens (tertiary/aromatic N) is 3. The third-order valence-electron chi connectivity index (χ3n) is 6.22. The minimum absolute atomic E-state index is 0.0537. The van der Waals surface area contributed by atoms with E-state index in [0.717, 1.165) is 30.6 Å². The Kier molecular flexibility index (Phi) is 6.17. The molecule has 2 aromatic rings. The number of piperidine rings is 1. The van der Waals surface area contributed by atoms with Gasteiger partial charge in [0.15, 0.2) is 0 Å². The summed E-state index contributed by atoms with van der Waals surface area (Å²) >= 11 is 0. The minimum Gasteiger partial charge on any atom is -0.497 e. The molecule has 2 aliphatic rings. The number of ether oxygens (including phenoxy) is 2. The second-order valence-electron chi connectivity index (χ2n) is 9.61. The SMILES string of the molecule is COc1ccc2c(c1)CN(C(=O)c1cccn1C1CCN(C(=O)OC(C)(C)C)CC1)CC2. The molecule has 7 nitrogen and oxygen atoms in total. The maximum Gasteiger partial charge on any atom is 0.410 e. The van der Waals surface area contributed by atoms with E-state index in [1.165, 1.54) is 5.56 Å². The number of carbonyl (C=O) groups is 2. The van der Waals surface area contributed by atoms with Crippen LogP contribution in [0, 0.1) is 0 Å². The van der Waals surface area contributed by atoms with Gasteiger partial charge in [0.2, 0.25) is 0 Å². The number of hydrogen-bond donors (Lipinski definition) is 0. The van der Waals surface area contributed by atoms with Crippen molar-refractivity contribution in [1.29, 1.82) is 0 Å². The number of rotatable bonds is 3. The van der Waals surface area contributed by atoms with Gasteiger partial charge < -0.3 is 23.8 Å². The number of amides is 2. The van der Waals surface area contributed by atoms with Crippen LogP contribution in [0.15, 0.2) is 36.5 Å². The fourth-order valence-electron chi connectivity index (χ4n) is 4.54. The zero-order valence-corrected chi connectivity index (χ0v) is 19.5. The number of hydrogen-bond acceptors (Lipinski definition) is 4. The standard InChI is InChI=1S/C25H33N3O4/c1-25(2,3)32-24(30)26-14-10-20(11-15-26)28-12-5-6-22(28)23(29)27-13-9-18-7-8-21(31-4)16-19(18)17-27/h5-8,12,16,20H,9-11,13-15,17H2,1-4H3. The Balaban J connectivity index is 1.42. The second kappa shape index (κ2) is 8.88. The van der Waals surface area contributed by atoms with Crippen LogP contribution in [-0.2, 0) is 17.7 Å². The number of aromatic nitrogens is 1. The first kappa shape index (κ1) is 22.2. The van der Waals surface area contributed by atoms with E-state index in [9.17, 15) is 9.59 Å². The van der Waals surface area contributed by atoms with Gasteiger partial charge in [0.25, 0.3) is 5.91 Å². The Bertz CT molecular complexity index is 983. The quantitative estimate of drug-likeness (QED) is 0.717. The van der Waals surface area contributed by atoms with Crippen molar-refractivity contribution in [3.05, 3.63) is 53.3 Å². The summed E-state index contributed by atoms with van der Waals surface area (Å²) in [5.41, 5.74) is 2.64.